The summed E-state index contributed by atoms with van der Waals surface area (Å²) in [6, 6.07) is 19.8. The molecule has 4 rings (SSSR count). The lowest BCUT2D eigenvalue weighted by molar-refractivity contribution is -0.141. The van der Waals surface area contributed by atoms with Crippen molar-refractivity contribution in [1.82, 2.24) is 10.2 Å². The van der Waals surface area contributed by atoms with Crippen molar-refractivity contribution in [3.05, 3.63) is 95.3 Å². The highest BCUT2D eigenvalue weighted by molar-refractivity contribution is 5.88. The van der Waals surface area contributed by atoms with E-state index in [1.165, 1.54) is 17.0 Å². The molecule has 6 nitrogen and oxygen atoms in total. The number of benzene rings is 3. The predicted octanol–water partition coefficient (Wildman–Crippen LogP) is 4.35. The standard InChI is InChI=1S/C26H25FN2O4/c1-2-24(30)29(16-18-8-11-21(27)12-9-18)25(20-6-4-3-5-7-20)26(31)28-15-19-10-13-22-23(14-19)33-17-32-22/h3-14,25H,2,15-17H2,1H3,(H,28,31)/t25-/m1/s1. The number of halogens is 1. The Morgan fingerprint density at radius 1 is 0.970 bits per heavy atom. The Kier molecular flexibility index (Phi) is 6.88. The highest BCUT2D eigenvalue weighted by Crippen LogP contribution is 2.32. The number of carbonyl (C=O) groups excluding carboxylic acids is 2. The third-order valence-corrected chi connectivity index (χ3v) is 5.47. The van der Waals surface area contributed by atoms with E-state index in [1.54, 1.807) is 25.1 Å². The second-order valence-electron chi connectivity index (χ2n) is 7.72. The van der Waals surface area contributed by atoms with Crippen LogP contribution < -0.4 is 14.8 Å². The fourth-order valence-corrected chi connectivity index (χ4v) is 3.76. The lowest BCUT2D eigenvalue weighted by atomic mass is 10.0. The maximum Gasteiger partial charge on any atom is 0.247 e. The number of rotatable bonds is 8. The Morgan fingerprint density at radius 3 is 2.39 bits per heavy atom. The molecule has 0 saturated carbocycles. The second kappa shape index (κ2) is 10.2. The van der Waals surface area contributed by atoms with Gasteiger partial charge in [0.25, 0.3) is 0 Å². The van der Waals surface area contributed by atoms with Crippen molar-refractivity contribution >= 4 is 11.8 Å². The molecule has 0 saturated heterocycles. The van der Waals surface area contributed by atoms with Crippen molar-refractivity contribution < 1.29 is 23.5 Å². The molecule has 0 aromatic heterocycles. The third-order valence-electron chi connectivity index (χ3n) is 5.47. The molecule has 0 spiro atoms. The van der Waals surface area contributed by atoms with Crippen LogP contribution in [0.3, 0.4) is 0 Å². The number of amides is 2. The normalized spacial score (nSPS) is 12.8. The van der Waals surface area contributed by atoms with Crippen LogP contribution in [0.2, 0.25) is 0 Å². The summed E-state index contributed by atoms with van der Waals surface area (Å²) in [7, 11) is 0. The molecule has 3 aromatic rings. The molecule has 1 heterocycles. The molecule has 7 heteroatoms. The van der Waals surface area contributed by atoms with E-state index >= 15 is 0 Å². The average Bonchev–Trinajstić information content (AvgIpc) is 3.32. The number of ether oxygens (including phenoxy) is 2. The molecule has 170 valence electrons. The first-order valence-corrected chi connectivity index (χ1v) is 10.8. The molecule has 0 unspecified atom stereocenters. The Morgan fingerprint density at radius 2 is 1.67 bits per heavy atom. The largest absolute Gasteiger partial charge is 0.454 e. The van der Waals surface area contributed by atoms with Crippen LogP contribution in [0.1, 0.15) is 36.1 Å². The van der Waals surface area contributed by atoms with Crippen LogP contribution in [0.5, 0.6) is 11.5 Å². The maximum absolute atomic E-state index is 13.4. The van der Waals surface area contributed by atoms with Gasteiger partial charge in [-0.25, -0.2) is 4.39 Å². The molecule has 1 N–H and O–H groups in total. The molecule has 33 heavy (non-hydrogen) atoms. The van der Waals surface area contributed by atoms with Crippen LogP contribution in [-0.2, 0) is 22.7 Å². The summed E-state index contributed by atoms with van der Waals surface area (Å²) in [5.74, 6) is 0.481. The Bertz CT molecular complexity index is 1120. The predicted molar refractivity (Wildman–Crippen MR) is 121 cm³/mol. The lowest BCUT2D eigenvalue weighted by Gasteiger charge is -2.31. The number of nitrogens with zero attached hydrogens (tertiary/aromatic N) is 1. The number of hydrogen-bond donors (Lipinski definition) is 1. The van der Waals surface area contributed by atoms with Gasteiger partial charge >= 0.3 is 0 Å². The van der Waals surface area contributed by atoms with E-state index in [0.29, 0.717) is 17.1 Å². The van der Waals surface area contributed by atoms with Crippen LogP contribution in [0, 0.1) is 5.82 Å². The minimum atomic E-state index is -0.835. The van der Waals surface area contributed by atoms with Crippen molar-refractivity contribution in [2.45, 2.75) is 32.5 Å². The zero-order valence-electron chi connectivity index (χ0n) is 18.3. The summed E-state index contributed by atoms with van der Waals surface area (Å²) >= 11 is 0. The summed E-state index contributed by atoms with van der Waals surface area (Å²) in [5.41, 5.74) is 2.29. The zero-order valence-corrected chi connectivity index (χ0v) is 18.3. The fraction of sp³-hybridized carbons (Fsp3) is 0.231. The number of hydrogen-bond acceptors (Lipinski definition) is 4. The first kappa shape index (κ1) is 22.3. The van der Waals surface area contributed by atoms with Crippen LogP contribution in [0.25, 0.3) is 0 Å². The van der Waals surface area contributed by atoms with Gasteiger partial charge in [-0.15, -0.1) is 0 Å². The van der Waals surface area contributed by atoms with Gasteiger partial charge in [0.15, 0.2) is 11.5 Å². The van der Waals surface area contributed by atoms with Gasteiger partial charge in [-0.3, -0.25) is 9.59 Å². The smallest absolute Gasteiger partial charge is 0.247 e. The molecule has 3 aromatic carbocycles. The minimum Gasteiger partial charge on any atom is -0.454 e. The molecular formula is C26H25FN2O4. The first-order valence-electron chi connectivity index (χ1n) is 10.8. The van der Waals surface area contributed by atoms with E-state index in [4.69, 9.17) is 9.47 Å². The Hall–Kier alpha value is -3.87. The second-order valence-corrected chi connectivity index (χ2v) is 7.72. The van der Waals surface area contributed by atoms with Gasteiger partial charge < -0.3 is 19.7 Å². The van der Waals surface area contributed by atoms with Gasteiger partial charge in [-0.1, -0.05) is 55.5 Å². The molecule has 0 bridgehead atoms. The van der Waals surface area contributed by atoms with E-state index in [-0.39, 0.29) is 43.9 Å². The molecule has 1 aliphatic rings. The van der Waals surface area contributed by atoms with E-state index in [2.05, 4.69) is 5.32 Å². The molecule has 0 radical (unpaired) electrons. The topological polar surface area (TPSA) is 67.9 Å². The monoisotopic (exact) mass is 448 g/mol. The van der Waals surface area contributed by atoms with Crippen LogP contribution in [0.15, 0.2) is 72.8 Å². The third kappa shape index (κ3) is 5.31. The number of carbonyl (C=O) groups is 2. The van der Waals surface area contributed by atoms with Gasteiger partial charge in [0.2, 0.25) is 18.6 Å². The van der Waals surface area contributed by atoms with Crippen molar-refractivity contribution in [3.63, 3.8) is 0 Å². The van der Waals surface area contributed by atoms with Crippen molar-refractivity contribution in [3.8, 4) is 11.5 Å². The van der Waals surface area contributed by atoms with Crippen LogP contribution in [-0.4, -0.2) is 23.5 Å². The van der Waals surface area contributed by atoms with Crippen molar-refractivity contribution in [1.29, 1.82) is 0 Å². The molecule has 0 fully saturated rings. The Balaban J connectivity index is 1.58. The van der Waals surface area contributed by atoms with E-state index in [9.17, 15) is 14.0 Å². The molecular weight excluding hydrogens is 423 g/mol. The van der Waals surface area contributed by atoms with Crippen LogP contribution >= 0.6 is 0 Å². The minimum absolute atomic E-state index is 0.175. The highest BCUT2D eigenvalue weighted by Gasteiger charge is 2.30. The van der Waals surface area contributed by atoms with Crippen molar-refractivity contribution in [2.75, 3.05) is 6.79 Å². The highest BCUT2D eigenvalue weighted by atomic mass is 19.1. The van der Waals surface area contributed by atoms with Gasteiger partial charge in [0, 0.05) is 19.5 Å². The van der Waals surface area contributed by atoms with Crippen LogP contribution in [0.4, 0.5) is 4.39 Å². The number of fused-ring (bicyclic) bond motifs is 1. The molecule has 1 atom stereocenters. The maximum atomic E-state index is 13.4. The van der Waals surface area contributed by atoms with Gasteiger partial charge in [0.1, 0.15) is 11.9 Å². The van der Waals surface area contributed by atoms with E-state index < -0.39 is 6.04 Å². The van der Waals surface area contributed by atoms with Gasteiger partial charge in [-0.05, 0) is 41.0 Å². The quantitative estimate of drug-likeness (QED) is 0.556. The summed E-state index contributed by atoms with van der Waals surface area (Å²) in [6.45, 7) is 2.39. The van der Waals surface area contributed by atoms with Gasteiger partial charge in [0.05, 0.1) is 0 Å². The molecule has 0 aliphatic carbocycles. The van der Waals surface area contributed by atoms with Gasteiger partial charge in [-0.2, -0.15) is 0 Å². The number of nitrogens with one attached hydrogen (secondary N) is 1. The summed E-state index contributed by atoms with van der Waals surface area (Å²) in [5, 5.41) is 2.95. The Labute approximate surface area is 191 Å². The van der Waals surface area contributed by atoms with Crippen molar-refractivity contribution in [2.24, 2.45) is 0 Å². The fourth-order valence-electron chi connectivity index (χ4n) is 3.76. The zero-order chi connectivity index (χ0) is 23.2. The molecule has 1 aliphatic heterocycles. The summed E-state index contributed by atoms with van der Waals surface area (Å²) < 4.78 is 24.1. The van der Waals surface area contributed by atoms with E-state index in [0.717, 1.165) is 11.1 Å². The molecule has 2 amide bonds. The lowest BCUT2D eigenvalue weighted by Crippen LogP contribution is -2.43. The summed E-state index contributed by atoms with van der Waals surface area (Å²) in [4.78, 5) is 27.9. The SMILES string of the molecule is CCC(=O)N(Cc1ccc(F)cc1)[C@@H](C(=O)NCc1ccc2c(c1)OCO2)c1ccccc1. The average molecular weight is 448 g/mol. The first-order chi connectivity index (χ1) is 16.0. The van der Waals surface area contributed by atoms with E-state index in [1.807, 2.05) is 42.5 Å². The summed E-state index contributed by atoms with van der Waals surface area (Å²) in [6.07, 6.45) is 0.236.